The minimum Gasteiger partial charge on any atom is -0.331 e. The van der Waals surface area contributed by atoms with E-state index in [9.17, 15) is 4.79 Å². The van der Waals surface area contributed by atoms with Crippen molar-refractivity contribution in [2.75, 3.05) is 6.54 Å². The van der Waals surface area contributed by atoms with Crippen molar-refractivity contribution in [3.63, 3.8) is 0 Å². The van der Waals surface area contributed by atoms with Crippen LogP contribution in [0.25, 0.3) is 5.78 Å². The summed E-state index contributed by atoms with van der Waals surface area (Å²) in [5.74, 6) is 0.577. The Kier molecular flexibility index (Phi) is 2.97. The molecule has 3 aromatic heterocycles. The van der Waals surface area contributed by atoms with Crippen LogP contribution in [0.5, 0.6) is 0 Å². The highest BCUT2D eigenvalue weighted by Gasteiger charge is 2.25. The molecule has 0 atom stereocenters. The molecule has 4 rings (SSSR count). The molecular weight excluding hydrogens is 298 g/mol. The maximum absolute atomic E-state index is 12.7. The van der Waals surface area contributed by atoms with Gasteiger partial charge < -0.3 is 4.90 Å². The lowest BCUT2D eigenvalue weighted by molar-refractivity contribution is 0.0723. The molecule has 0 unspecified atom stereocenters. The largest absolute Gasteiger partial charge is 0.331 e. The predicted molar refractivity (Wildman–Crippen MR) is 83.0 cm³/mol. The Hall–Kier alpha value is -2.28. The van der Waals surface area contributed by atoms with Crippen molar-refractivity contribution in [3.8, 4) is 0 Å². The summed E-state index contributed by atoms with van der Waals surface area (Å²) >= 11 is 1.76. The average Bonchev–Trinajstić information content (AvgIpc) is 3.11. The van der Waals surface area contributed by atoms with Crippen LogP contribution >= 0.6 is 11.3 Å². The van der Waals surface area contributed by atoms with Crippen LogP contribution in [0.15, 0.2) is 17.5 Å². The van der Waals surface area contributed by atoms with Crippen molar-refractivity contribution in [2.45, 2.75) is 26.8 Å². The number of fused-ring (bicyclic) bond motifs is 2. The smallest absolute Gasteiger partial charge is 0.293 e. The highest BCUT2D eigenvalue weighted by molar-refractivity contribution is 7.10. The van der Waals surface area contributed by atoms with Gasteiger partial charge in [-0.05, 0) is 43.3 Å². The second-order valence-electron chi connectivity index (χ2n) is 5.53. The minimum absolute atomic E-state index is 0.126. The molecule has 0 saturated carbocycles. The number of rotatable bonds is 1. The molecule has 0 N–H and O–H groups in total. The second kappa shape index (κ2) is 4.88. The van der Waals surface area contributed by atoms with Gasteiger partial charge in [0.1, 0.15) is 0 Å². The van der Waals surface area contributed by atoms with Crippen molar-refractivity contribution in [2.24, 2.45) is 0 Å². The molecular formula is C15H15N5OS. The lowest BCUT2D eigenvalue weighted by Crippen LogP contribution is -2.36. The Labute approximate surface area is 131 Å². The van der Waals surface area contributed by atoms with E-state index in [1.165, 1.54) is 10.4 Å². The fraction of sp³-hybridized carbons (Fsp3) is 0.333. The van der Waals surface area contributed by atoms with E-state index in [4.69, 9.17) is 0 Å². The molecule has 112 valence electrons. The van der Waals surface area contributed by atoms with Crippen LogP contribution in [0.4, 0.5) is 0 Å². The van der Waals surface area contributed by atoms with Gasteiger partial charge in [0.15, 0.2) is 0 Å². The monoisotopic (exact) mass is 313 g/mol. The summed E-state index contributed by atoms with van der Waals surface area (Å²) in [6.07, 6.45) is 0.905. The van der Waals surface area contributed by atoms with Gasteiger partial charge in [-0.25, -0.2) is 9.50 Å². The summed E-state index contributed by atoms with van der Waals surface area (Å²) in [5, 5.41) is 6.41. The van der Waals surface area contributed by atoms with E-state index in [0.717, 1.165) is 17.8 Å². The van der Waals surface area contributed by atoms with Gasteiger partial charge in [-0.2, -0.15) is 4.98 Å². The van der Waals surface area contributed by atoms with E-state index in [1.807, 2.05) is 24.8 Å². The third-order valence-electron chi connectivity index (χ3n) is 3.90. The van der Waals surface area contributed by atoms with Crippen LogP contribution in [0, 0.1) is 13.8 Å². The number of thiophene rings is 1. The predicted octanol–water partition coefficient (Wildman–Crippen LogP) is 2.00. The van der Waals surface area contributed by atoms with Crippen LogP contribution in [0.1, 0.15) is 32.4 Å². The van der Waals surface area contributed by atoms with Gasteiger partial charge in [0, 0.05) is 29.4 Å². The Morgan fingerprint density at radius 3 is 3.05 bits per heavy atom. The van der Waals surface area contributed by atoms with E-state index >= 15 is 0 Å². The molecule has 0 saturated heterocycles. The van der Waals surface area contributed by atoms with E-state index < -0.39 is 0 Å². The molecule has 0 aliphatic carbocycles. The van der Waals surface area contributed by atoms with Crippen LogP contribution in [-0.4, -0.2) is 36.9 Å². The second-order valence-corrected chi connectivity index (χ2v) is 6.53. The average molecular weight is 313 g/mol. The third kappa shape index (κ3) is 2.09. The number of aromatic nitrogens is 4. The minimum atomic E-state index is -0.126. The van der Waals surface area contributed by atoms with Crippen LogP contribution < -0.4 is 0 Å². The fourth-order valence-corrected chi connectivity index (χ4v) is 3.71. The summed E-state index contributed by atoms with van der Waals surface area (Å²) in [7, 11) is 0. The lowest BCUT2D eigenvalue weighted by atomic mass is 10.1. The third-order valence-corrected chi connectivity index (χ3v) is 4.93. The molecule has 4 heterocycles. The van der Waals surface area contributed by atoms with Crippen molar-refractivity contribution in [3.05, 3.63) is 45.2 Å². The number of carbonyl (C=O) groups excluding carboxylic acids is 1. The van der Waals surface area contributed by atoms with E-state index in [2.05, 4.69) is 26.5 Å². The summed E-state index contributed by atoms with van der Waals surface area (Å²) in [6, 6.07) is 4.01. The van der Waals surface area contributed by atoms with Crippen molar-refractivity contribution >= 4 is 23.0 Å². The van der Waals surface area contributed by atoms with E-state index in [1.54, 1.807) is 15.9 Å². The van der Waals surface area contributed by atoms with Gasteiger partial charge >= 0.3 is 0 Å². The van der Waals surface area contributed by atoms with Gasteiger partial charge in [-0.3, -0.25) is 4.79 Å². The zero-order chi connectivity index (χ0) is 15.3. The molecule has 0 radical (unpaired) electrons. The lowest BCUT2D eigenvalue weighted by Gasteiger charge is -2.25. The highest BCUT2D eigenvalue weighted by atomic mass is 32.1. The van der Waals surface area contributed by atoms with Gasteiger partial charge in [-0.15, -0.1) is 16.4 Å². The Balaban J connectivity index is 1.67. The van der Waals surface area contributed by atoms with Gasteiger partial charge in [0.25, 0.3) is 11.7 Å². The summed E-state index contributed by atoms with van der Waals surface area (Å²) < 4.78 is 1.63. The van der Waals surface area contributed by atoms with E-state index in [0.29, 0.717) is 18.9 Å². The number of carbonyl (C=O) groups is 1. The molecule has 0 spiro atoms. The first kappa shape index (κ1) is 13.4. The number of hydrogen-bond acceptors (Lipinski definition) is 5. The SMILES string of the molecule is Cc1cc(C)n2nc(C(=O)N3CCc4sccc4C3)nc2n1. The van der Waals surface area contributed by atoms with Gasteiger partial charge in [0.05, 0.1) is 0 Å². The van der Waals surface area contributed by atoms with Gasteiger partial charge in [-0.1, -0.05) is 0 Å². The summed E-state index contributed by atoms with van der Waals surface area (Å²) in [4.78, 5) is 24.5. The van der Waals surface area contributed by atoms with Crippen LogP contribution in [-0.2, 0) is 13.0 Å². The molecule has 0 bridgehead atoms. The molecule has 1 aliphatic rings. The quantitative estimate of drug-likeness (QED) is 0.689. The van der Waals surface area contributed by atoms with Crippen LogP contribution in [0.2, 0.25) is 0 Å². The topological polar surface area (TPSA) is 63.4 Å². The van der Waals surface area contributed by atoms with Crippen molar-refractivity contribution < 1.29 is 4.79 Å². The first-order valence-corrected chi connectivity index (χ1v) is 8.05. The molecule has 0 aromatic carbocycles. The fourth-order valence-electron chi connectivity index (χ4n) is 2.82. The standard InChI is InChI=1S/C15H15N5OS/c1-9-7-10(2)20-15(16-9)17-13(18-20)14(21)19-5-3-12-11(8-19)4-6-22-12/h4,6-7H,3,5,8H2,1-2H3. The molecule has 1 aliphatic heterocycles. The first-order valence-electron chi connectivity index (χ1n) is 7.17. The van der Waals surface area contributed by atoms with Crippen molar-refractivity contribution in [1.29, 1.82) is 0 Å². The number of amides is 1. The first-order chi connectivity index (χ1) is 10.6. The van der Waals surface area contributed by atoms with Crippen molar-refractivity contribution in [1.82, 2.24) is 24.5 Å². The number of aryl methyl sites for hydroxylation is 2. The molecule has 6 nitrogen and oxygen atoms in total. The maximum Gasteiger partial charge on any atom is 0.293 e. The Bertz CT molecular complexity index is 881. The summed E-state index contributed by atoms with van der Waals surface area (Å²) in [5.41, 5.74) is 3.03. The molecule has 1 amide bonds. The zero-order valence-corrected chi connectivity index (χ0v) is 13.2. The molecule has 7 heteroatoms. The number of hydrogen-bond donors (Lipinski definition) is 0. The molecule has 0 fully saturated rings. The maximum atomic E-state index is 12.7. The normalized spacial score (nSPS) is 14.4. The molecule has 3 aromatic rings. The zero-order valence-electron chi connectivity index (χ0n) is 12.4. The Morgan fingerprint density at radius 2 is 2.18 bits per heavy atom. The van der Waals surface area contributed by atoms with E-state index in [-0.39, 0.29) is 11.7 Å². The highest BCUT2D eigenvalue weighted by Crippen LogP contribution is 2.24. The summed E-state index contributed by atoms with van der Waals surface area (Å²) in [6.45, 7) is 5.20. The number of nitrogens with zero attached hydrogens (tertiary/aromatic N) is 5. The Morgan fingerprint density at radius 1 is 1.32 bits per heavy atom. The van der Waals surface area contributed by atoms with Gasteiger partial charge in [0.2, 0.25) is 5.82 Å². The van der Waals surface area contributed by atoms with Crippen LogP contribution in [0.3, 0.4) is 0 Å². The molecule has 22 heavy (non-hydrogen) atoms.